The highest BCUT2D eigenvalue weighted by atomic mass is 19.3. The first-order chi connectivity index (χ1) is 4.72. The smallest absolute Gasteiger partial charge is 0.309 e. The lowest BCUT2D eigenvalue weighted by atomic mass is 10.6. The summed E-state index contributed by atoms with van der Waals surface area (Å²) in [7, 11) is 0. The van der Waals surface area contributed by atoms with Crippen LogP contribution in [0.3, 0.4) is 0 Å². The standard InChI is InChI=1S/C5H4F3O2/c6-3(4(7)8)5-9-1-2-10-5/h1-2H2/q+1. The minimum absolute atomic E-state index is 0.121. The first-order valence-corrected chi connectivity index (χ1v) is 2.55. The molecule has 1 aliphatic rings. The van der Waals surface area contributed by atoms with E-state index in [0.29, 0.717) is 0 Å². The van der Waals surface area contributed by atoms with E-state index < -0.39 is 17.9 Å². The van der Waals surface area contributed by atoms with Crippen LogP contribution in [0.1, 0.15) is 0 Å². The fourth-order valence-electron chi connectivity index (χ4n) is 0.514. The number of cyclic esters (lactones) is 1. The summed E-state index contributed by atoms with van der Waals surface area (Å²) in [4.78, 5) is 0. The molecule has 0 aromatic carbocycles. The lowest BCUT2D eigenvalue weighted by molar-refractivity contribution is -0.445. The summed E-state index contributed by atoms with van der Waals surface area (Å²) in [6, 6.07) is 0. The predicted molar refractivity (Wildman–Crippen MR) is 26.2 cm³/mol. The average molecular weight is 153 g/mol. The SMILES string of the molecule is FC(F)=C(F)C1=[O+]CCO1. The highest BCUT2D eigenvalue weighted by Crippen LogP contribution is 2.12. The molecule has 0 radical (unpaired) electrons. The number of esters is 1. The van der Waals surface area contributed by atoms with Crippen LogP contribution >= 0.6 is 0 Å². The summed E-state index contributed by atoms with van der Waals surface area (Å²) in [5, 5.41) is 0. The van der Waals surface area contributed by atoms with E-state index in [1.54, 1.807) is 0 Å². The van der Waals surface area contributed by atoms with Gasteiger partial charge in [-0.15, -0.1) is 0 Å². The molecule has 1 aliphatic heterocycles. The monoisotopic (exact) mass is 153 g/mol. The number of ether oxygens (including phenoxy) is 1. The van der Waals surface area contributed by atoms with Crippen molar-refractivity contribution in [3.63, 3.8) is 0 Å². The van der Waals surface area contributed by atoms with Crippen molar-refractivity contribution in [1.29, 1.82) is 0 Å². The fourth-order valence-corrected chi connectivity index (χ4v) is 0.514. The molecule has 1 rings (SSSR count). The quantitative estimate of drug-likeness (QED) is 0.314. The summed E-state index contributed by atoms with van der Waals surface area (Å²) in [5.41, 5.74) is 0. The summed E-state index contributed by atoms with van der Waals surface area (Å²) in [6.07, 6.45) is -2.42. The van der Waals surface area contributed by atoms with E-state index in [1.807, 2.05) is 0 Å². The first kappa shape index (κ1) is 7.11. The highest BCUT2D eigenvalue weighted by molar-refractivity contribution is 5.86. The van der Waals surface area contributed by atoms with E-state index in [2.05, 4.69) is 9.16 Å². The zero-order valence-electron chi connectivity index (χ0n) is 4.86. The van der Waals surface area contributed by atoms with Crippen molar-refractivity contribution < 1.29 is 22.3 Å². The molecule has 1 heterocycles. The van der Waals surface area contributed by atoms with Crippen LogP contribution in [0.15, 0.2) is 11.9 Å². The molecule has 0 unspecified atom stereocenters. The Kier molecular flexibility index (Phi) is 1.94. The van der Waals surface area contributed by atoms with Crippen LogP contribution in [0.25, 0.3) is 0 Å². The lowest BCUT2D eigenvalue weighted by Crippen LogP contribution is -2.00. The average Bonchev–Trinajstić information content (AvgIpc) is 2.36. The van der Waals surface area contributed by atoms with Gasteiger partial charge in [0.25, 0.3) is 0 Å². The van der Waals surface area contributed by atoms with Crippen molar-refractivity contribution in [3.05, 3.63) is 11.9 Å². The van der Waals surface area contributed by atoms with Crippen LogP contribution in [-0.2, 0) is 9.16 Å². The van der Waals surface area contributed by atoms with Crippen molar-refractivity contribution in [1.82, 2.24) is 0 Å². The molecular weight excluding hydrogens is 149 g/mol. The van der Waals surface area contributed by atoms with Crippen LogP contribution in [0, 0.1) is 0 Å². The first-order valence-electron chi connectivity index (χ1n) is 2.55. The maximum Gasteiger partial charge on any atom is 0.555 e. The van der Waals surface area contributed by atoms with E-state index in [0.717, 1.165) is 0 Å². The molecule has 56 valence electrons. The van der Waals surface area contributed by atoms with Crippen molar-refractivity contribution >= 4 is 5.97 Å². The molecule has 0 fully saturated rings. The second-order valence-corrected chi connectivity index (χ2v) is 1.56. The van der Waals surface area contributed by atoms with Crippen molar-refractivity contribution in [2.75, 3.05) is 13.2 Å². The predicted octanol–water partition coefficient (Wildman–Crippen LogP) is 1.16. The second kappa shape index (κ2) is 2.72. The van der Waals surface area contributed by atoms with Crippen LogP contribution in [0.4, 0.5) is 13.2 Å². The Labute approximate surface area is 54.6 Å². The molecule has 0 spiro atoms. The Bertz CT molecular complexity index is 193. The van der Waals surface area contributed by atoms with Gasteiger partial charge in [-0.25, -0.2) is 0 Å². The van der Waals surface area contributed by atoms with Gasteiger partial charge in [-0.05, 0) is 0 Å². The minimum atomic E-state index is -2.42. The van der Waals surface area contributed by atoms with E-state index in [-0.39, 0.29) is 13.2 Å². The van der Waals surface area contributed by atoms with E-state index in [4.69, 9.17) is 0 Å². The number of halogens is 3. The molecule has 0 bridgehead atoms. The Morgan fingerprint density at radius 2 is 2.10 bits per heavy atom. The third-order valence-corrected chi connectivity index (χ3v) is 0.895. The molecule has 0 saturated heterocycles. The maximum absolute atomic E-state index is 12.1. The third-order valence-electron chi connectivity index (χ3n) is 0.895. The second-order valence-electron chi connectivity index (χ2n) is 1.56. The third kappa shape index (κ3) is 1.29. The number of hydrogen-bond acceptors (Lipinski definition) is 1. The molecule has 0 atom stereocenters. The summed E-state index contributed by atoms with van der Waals surface area (Å²) in [6.45, 7) is 0.242. The van der Waals surface area contributed by atoms with Gasteiger partial charge in [0, 0.05) is 0 Å². The molecule has 5 heteroatoms. The van der Waals surface area contributed by atoms with Gasteiger partial charge in [-0.3, -0.25) is 0 Å². The number of rotatable bonds is 1. The van der Waals surface area contributed by atoms with Crippen molar-refractivity contribution in [3.8, 4) is 0 Å². The van der Waals surface area contributed by atoms with Gasteiger partial charge in [0.1, 0.15) is 0 Å². The van der Waals surface area contributed by atoms with Gasteiger partial charge in [-0.2, -0.15) is 13.2 Å². The molecule has 0 saturated carbocycles. The Morgan fingerprint density at radius 3 is 2.50 bits per heavy atom. The van der Waals surface area contributed by atoms with Crippen LogP contribution in [-0.4, -0.2) is 19.2 Å². The highest BCUT2D eigenvalue weighted by Gasteiger charge is 2.31. The van der Waals surface area contributed by atoms with E-state index in [1.165, 1.54) is 0 Å². The summed E-state index contributed by atoms with van der Waals surface area (Å²) < 4.78 is 43.6. The lowest BCUT2D eigenvalue weighted by Gasteiger charge is -1.80. The van der Waals surface area contributed by atoms with Crippen molar-refractivity contribution in [2.45, 2.75) is 0 Å². The molecule has 0 aromatic rings. The van der Waals surface area contributed by atoms with Crippen molar-refractivity contribution in [2.24, 2.45) is 0 Å². The van der Waals surface area contributed by atoms with E-state index >= 15 is 0 Å². The number of carbonyl (C=O) groups excluding carboxylic acids is 1. The number of hydrogen-bond donors (Lipinski definition) is 0. The van der Waals surface area contributed by atoms with Gasteiger partial charge in [0.2, 0.25) is 13.2 Å². The fraction of sp³-hybridized carbons (Fsp3) is 0.400. The molecule has 0 aliphatic carbocycles. The van der Waals surface area contributed by atoms with Crippen LogP contribution < -0.4 is 0 Å². The minimum Gasteiger partial charge on any atom is -0.309 e. The van der Waals surface area contributed by atoms with Crippen LogP contribution in [0.2, 0.25) is 0 Å². The molecule has 0 N–H and O–H groups in total. The zero-order chi connectivity index (χ0) is 7.56. The van der Waals surface area contributed by atoms with Gasteiger partial charge < -0.3 is 9.16 Å². The summed E-state index contributed by atoms with van der Waals surface area (Å²) >= 11 is 0. The van der Waals surface area contributed by atoms with Gasteiger partial charge in [0.15, 0.2) is 0 Å². The zero-order valence-corrected chi connectivity index (χ0v) is 4.86. The molecule has 10 heavy (non-hydrogen) atoms. The van der Waals surface area contributed by atoms with Gasteiger partial charge in [0.05, 0.1) is 0 Å². The Balaban J connectivity index is 2.74. The Morgan fingerprint density at radius 1 is 1.40 bits per heavy atom. The van der Waals surface area contributed by atoms with E-state index in [9.17, 15) is 13.2 Å². The maximum atomic E-state index is 12.1. The van der Waals surface area contributed by atoms with Gasteiger partial charge >= 0.3 is 17.9 Å². The topological polar surface area (TPSA) is 20.5 Å². The summed E-state index contributed by atoms with van der Waals surface area (Å²) in [5.74, 6) is -2.42. The molecule has 0 aromatic heterocycles. The molecule has 0 amide bonds. The molecular formula is C5H4F3O2+. The molecule has 2 nitrogen and oxygen atoms in total. The van der Waals surface area contributed by atoms with Crippen LogP contribution in [0.5, 0.6) is 0 Å². The largest absolute Gasteiger partial charge is 0.555 e. The Hall–Kier alpha value is -1.00. The normalized spacial score (nSPS) is 16.1. The van der Waals surface area contributed by atoms with Gasteiger partial charge in [-0.1, -0.05) is 0 Å².